The third kappa shape index (κ3) is 33.6. The van der Waals surface area contributed by atoms with E-state index in [0.717, 1.165) is 0 Å². The molecule has 0 aliphatic carbocycles. The highest BCUT2D eigenvalue weighted by atomic mass is 16.4. The zero-order chi connectivity index (χ0) is 82.5. The van der Waals surface area contributed by atoms with Gasteiger partial charge in [-0.05, 0) is 99.1 Å². The predicted octanol–water partition coefficient (Wildman–Crippen LogP) is -3.29. The smallest absolute Gasteiger partial charge is 0.326 e. The first-order chi connectivity index (χ1) is 51.8. The van der Waals surface area contributed by atoms with Crippen molar-refractivity contribution in [3.05, 3.63) is 102 Å². The number of nitrogens with two attached hydrogens (primary N) is 3. The summed E-state index contributed by atoms with van der Waals surface area (Å²) >= 11 is 0. The minimum absolute atomic E-state index is 0.0651. The molecule has 0 bridgehead atoms. The van der Waals surface area contributed by atoms with Gasteiger partial charge in [0.15, 0.2) is 0 Å². The van der Waals surface area contributed by atoms with Crippen molar-refractivity contribution in [2.24, 2.45) is 29.0 Å². The summed E-state index contributed by atoms with van der Waals surface area (Å²) in [6.45, 7) is 7.57. The zero-order valence-corrected chi connectivity index (χ0v) is 61.6. The molecule has 0 aliphatic heterocycles. The topological polar surface area (TPSA) is 642 Å². The summed E-state index contributed by atoms with van der Waals surface area (Å²) < 4.78 is 0. The molecular weight excluding hydrogens is 1440 g/mol. The van der Waals surface area contributed by atoms with Gasteiger partial charge < -0.3 is 111 Å². The van der Waals surface area contributed by atoms with Gasteiger partial charge in [-0.2, -0.15) is 0 Å². The van der Waals surface area contributed by atoms with Crippen molar-refractivity contribution < 1.29 is 117 Å². The molecule has 0 radical (unpaired) electrons. The van der Waals surface area contributed by atoms with Crippen LogP contribution in [0.15, 0.2) is 84.9 Å². The Balaban J connectivity index is 2.02. The van der Waals surface area contributed by atoms with E-state index in [2.05, 4.69) is 58.5 Å². The van der Waals surface area contributed by atoms with Gasteiger partial charge in [0.2, 0.25) is 70.9 Å². The maximum atomic E-state index is 14.7. The number of aromatic hydroxyl groups is 1. The Morgan fingerprint density at radius 3 is 1.08 bits per heavy atom. The van der Waals surface area contributed by atoms with Crippen LogP contribution in [0.1, 0.15) is 135 Å². The number of hydrogen-bond donors (Lipinski definition) is 21. The molecule has 604 valence electrons. The number of nitrogens with one attached hydrogen (secondary N) is 11. The quantitative estimate of drug-likeness (QED) is 0.0246. The molecular formula is C72H102N14O24. The first-order valence-corrected chi connectivity index (χ1v) is 35.6. The number of phenolic OH excluding ortho intramolecular Hbond substituents is 1. The fourth-order valence-corrected chi connectivity index (χ4v) is 10.9. The van der Waals surface area contributed by atoms with Gasteiger partial charge in [-0.3, -0.25) is 76.7 Å². The van der Waals surface area contributed by atoms with Crippen molar-refractivity contribution in [3.63, 3.8) is 0 Å². The average Bonchev–Trinajstić information content (AvgIpc) is 0.846. The summed E-state index contributed by atoms with van der Waals surface area (Å²) in [5.41, 5.74) is 18.3. The number of primary amides is 1. The lowest BCUT2D eigenvalue weighted by Crippen LogP contribution is -2.62. The lowest BCUT2D eigenvalue weighted by Gasteiger charge is -2.30. The van der Waals surface area contributed by atoms with Crippen molar-refractivity contribution in [1.82, 2.24) is 58.5 Å². The Bertz CT molecular complexity index is 3660. The molecule has 0 spiro atoms. The molecule has 3 rings (SSSR count). The average molecular weight is 1550 g/mol. The summed E-state index contributed by atoms with van der Waals surface area (Å²) in [6, 6.07) is 1.15. The van der Waals surface area contributed by atoms with Crippen LogP contribution in [0.4, 0.5) is 0 Å². The molecule has 0 aliphatic rings. The van der Waals surface area contributed by atoms with Crippen LogP contribution in [-0.4, -0.2) is 222 Å². The van der Waals surface area contributed by atoms with E-state index in [9.17, 15) is 112 Å². The highest BCUT2D eigenvalue weighted by Gasteiger charge is 2.39. The van der Waals surface area contributed by atoms with Crippen LogP contribution < -0.4 is 75.7 Å². The lowest BCUT2D eigenvalue weighted by molar-refractivity contribution is -0.144. The molecule has 0 saturated carbocycles. The number of carbonyl (C=O) groups excluding carboxylic acids is 12. The van der Waals surface area contributed by atoms with Crippen LogP contribution >= 0.6 is 0 Å². The number of carboxylic acids is 5. The number of benzene rings is 3. The molecule has 14 atom stereocenters. The van der Waals surface area contributed by atoms with E-state index in [1.165, 1.54) is 57.2 Å². The summed E-state index contributed by atoms with van der Waals surface area (Å²) in [7, 11) is 0. The molecule has 3 aromatic rings. The lowest BCUT2D eigenvalue weighted by atomic mass is 9.96. The molecule has 38 nitrogen and oxygen atoms in total. The summed E-state index contributed by atoms with van der Waals surface area (Å²) in [4.78, 5) is 228. The van der Waals surface area contributed by atoms with Gasteiger partial charge in [-0.25, -0.2) is 4.79 Å². The van der Waals surface area contributed by atoms with Crippen LogP contribution in [0.25, 0.3) is 0 Å². The van der Waals surface area contributed by atoms with Gasteiger partial charge in [0.1, 0.15) is 78.3 Å². The van der Waals surface area contributed by atoms with E-state index in [0.29, 0.717) is 16.7 Å². The molecule has 110 heavy (non-hydrogen) atoms. The number of carbonyl (C=O) groups is 17. The van der Waals surface area contributed by atoms with Crippen LogP contribution in [-0.2, 0) is 101 Å². The monoisotopic (exact) mass is 1550 g/mol. The number of aliphatic hydroxyl groups excluding tert-OH is 1. The summed E-state index contributed by atoms with van der Waals surface area (Å²) in [5, 5.41) is 94.8. The molecule has 0 fully saturated rings. The Morgan fingerprint density at radius 1 is 0.373 bits per heavy atom. The molecule has 0 unspecified atom stereocenters. The van der Waals surface area contributed by atoms with E-state index >= 15 is 0 Å². The van der Waals surface area contributed by atoms with E-state index in [1.807, 2.05) is 0 Å². The van der Waals surface area contributed by atoms with E-state index < -0.39 is 255 Å². The minimum atomic E-state index is -2.13. The molecule has 24 N–H and O–H groups in total. The van der Waals surface area contributed by atoms with Gasteiger partial charge in [-0.1, -0.05) is 107 Å². The van der Waals surface area contributed by atoms with Crippen molar-refractivity contribution in [2.45, 2.75) is 216 Å². The van der Waals surface area contributed by atoms with Crippen LogP contribution in [0.5, 0.6) is 5.75 Å². The van der Waals surface area contributed by atoms with Gasteiger partial charge in [0.25, 0.3) is 0 Å². The second-order valence-corrected chi connectivity index (χ2v) is 26.7. The highest BCUT2D eigenvalue weighted by Crippen LogP contribution is 2.17. The number of hydrogen-bond acceptors (Lipinski definition) is 21. The first kappa shape index (κ1) is 92.5. The standard InChI is InChI=1S/C72H102N14O24/c1-6-38(4)60(86-68(105)51(82-69(106)58(75)39(5)87)35-42-20-22-43(88)23-21-42)71(108)84-49(33-40-15-9-7-10-16-40)65(102)79-47(26-30-55(92)93)64(101)85-59(37(2)3)70(107)83-50(34-41-17-11-8-12-18-41)66(103)81-52(36-57(96)97)67(104)78-45(24-28-53(74)89)62(99)76-44(19-13-14-32-73)61(98)77-46(25-29-54(90)91)63(100)80-48(72(109)110)27-31-56(94)95/h7-12,15-18,20-23,37-39,44-52,58-60,87-88H,6,13-14,19,24-36,73,75H2,1-5H3,(H2,74,89)(H,76,99)(H,77,98)(H,78,104)(H,79,102)(H,80,100)(H,81,103)(H,82,106)(H,83,107)(H,84,108)(H,85,101)(H,86,105)(H,90,91)(H,92,93)(H,94,95)(H,96,97)(H,109,110)/t38-,39+,44-,45-,46-,47-,48-,49-,50-,51-,52-,58-,59-,60-/m0/s1. The Kier molecular flexibility index (Phi) is 39.7. The number of unbranched alkanes of at least 4 members (excludes halogenated alkanes) is 1. The molecule has 3 aromatic carbocycles. The third-order valence-corrected chi connectivity index (χ3v) is 17.4. The number of amides is 12. The zero-order valence-electron chi connectivity index (χ0n) is 61.6. The third-order valence-electron chi connectivity index (χ3n) is 17.4. The Hall–Kier alpha value is -11.7. The van der Waals surface area contributed by atoms with Crippen molar-refractivity contribution >= 4 is 101 Å². The first-order valence-electron chi connectivity index (χ1n) is 35.6. The number of phenols is 1. The minimum Gasteiger partial charge on any atom is -0.508 e. The van der Waals surface area contributed by atoms with E-state index in [-0.39, 0.29) is 50.8 Å². The van der Waals surface area contributed by atoms with Gasteiger partial charge in [0, 0.05) is 44.9 Å². The van der Waals surface area contributed by atoms with Gasteiger partial charge >= 0.3 is 29.8 Å². The maximum Gasteiger partial charge on any atom is 0.326 e. The Morgan fingerprint density at radius 2 is 0.700 bits per heavy atom. The summed E-state index contributed by atoms with van der Waals surface area (Å²) in [5.74, 6) is -22.7. The van der Waals surface area contributed by atoms with Gasteiger partial charge in [-0.15, -0.1) is 0 Å². The Labute approximate surface area is 633 Å². The highest BCUT2D eigenvalue weighted by molar-refractivity contribution is 6.00. The van der Waals surface area contributed by atoms with Gasteiger partial charge in [0.05, 0.1) is 12.5 Å². The number of rotatable bonds is 51. The van der Waals surface area contributed by atoms with Crippen LogP contribution in [0, 0.1) is 11.8 Å². The predicted molar refractivity (Wildman–Crippen MR) is 389 cm³/mol. The largest absolute Gasteiger partial charge is 0.508 e. The molecule has 0 aromatic heterocycles. The fraction of sp³-hybridized carbons (Fsp3) is 0.514. The second kappa shape index (κ2) is 47.2. The number of aliphatic carboxylic acids is 5. The van der Waals surface area contributed by atoms with Crippen molar-refractivity contribution in [3.8, 4) is 5.75 Å². The number of carboxylic acid groups (broad SMARTS) is 5. The fourth-order valence-electron chi connectivity index (χ4n) is 10.9. The normalized spacial score (nSPS) is 14.9. The van der Waals surface area contributed by atoms with Crippen LogP contribution in [0.3, 0.4) is 0 Å². The maximum absolute atomic E-state index is 14.7. The molecule has 0 saturated heterocycles. The molecule has 0 heterocycles. The van der Waals surface area contributed by atoms with E-state index in [4.69, 9.17) is 22.3 Å². The van der Waals surface area contributed by atoms with Crippen LogP contribution in [0.2, 0.25) is 0 Å². The number of aliphatic hydroxyl groups is 1. The molecule has 12 amide bonds. The SMILES string of the molecule is CC[C@H](C)[C@H](NC(=O)[C@H](Cc1ccc(O)cc1)NC(=O)[C@@H](N)[C@@H](C)O)C(=O)N[C@@H](Cc1ccccc1)C(=O)N[C@@H](CCC(=O)O)C(=O)N[C@H](C(=O)N[C@@H](Cc1ccccc1)C(=O)N[C@@H](CC(=O)O)C(=O)N[C@@H](CCC(N)=O)C(=O)N[C@@H](CCCCN)C(=O)N[C@@H](CCC(=O)O)C(=O)N[C@@H](CCC(=O)O)C(=O)O)C(C)C. The summed E-state index contributed by atoms with van der Waals surface area (Å²) in [6.07, 6.45) is -8.56. The second-order valence-electron chi connectivity index (χ2n) is 26.7. The molecule has 38 heteroatoms. The van der Waals surface area contributed by atoms with E-state index in [1.54, 1.807) is 62.4 Å². The van der Waals surface area contributed by atoms with Crippen molar-refractivity contribution in [2.75, 3.05) is 6.54 Å². The van der Waals surface area contributed by atoms with Crippen molar-refractivity contribution in [1.29, 1.82) is 0 Å².